The molecule has 1 amide bonds. The maximum atomic E-state index is 11.9. The Kier molecular flexibility index (Phi) is 5.88. The molecule has 3 rings (SSSR count). The number of rotatable bonds is 8. The lowest BCUT2D eigenvalue weighted by molar-refractivity contribution is -0.384. The molecule has 0 fully saturated rings. The van der Waals surface area contributed by atoms with Crippen molar-refractivity contribution in [1.29, 1.82) is 0 Å². The summed E-state index contributed by atoms with van der Waals surface area (Å²) in [5.74, 6) is 0.598. The van der Waals surface area contributed by atoms with E-state index in [0.29, 0.717) is 37.3 Å². The summed E-state index contributed by atoms with van der Waals surface area (Å²) in [5.41, 5.74) is 1.58. The Morgan fingerprint density at radius 3 is 2.70 bits per heavy atom. The zero-order valence-corrected chi connectivity index (χ0v) is 14.5. The van der Waals surface area contributed by atoms with Crippen LogP contribution in [0.1, 0.15) is 17.9 Å². The van der Waals surface area contributed by atoms with Crippen LogP contribution in [0.4, 0.5) is 5.69 Å². The highest BCUT2D eigenvalue weighted by Crippen LogP contribution is 2.21. The standard InChI is InChI=1S/C19H18N4O4/c24-17(10-9-14-5-2-1-3-6-14)20-12-11-18-21-19(22-27-18)15-7-4-8-16(13-15)23(25)26/h1-8,13H,9-12H2,(H,20,24). The van der Waals surface area contributed by atoms with E-state index >= 15 is 0 Å². The number of carbonyl (C=O) groups excluding carboxylic acids is 1. The van der Waals surface area contributed by atoms with Crippen LogP contribution >= 0.6 is 0 Å². The summed E-state index contributed by atoms with van der Waals surface area (Å²) in [6.45, 7) is 0.379. The fraction of sp³-hybridized carbons (Fsp3) is 0.211. The summed E-state index contributed by atoms with van der Waals surface area (Å²) < 4.78 is 5.15. The zero-order valence-electron chi connectivity index (χ0n) is 14.5. The highest BCUT2D eigenvalue weighted by molar-refractivity contribution is 5.76. The number of aryl methyl sites for hydroxylation is 1. The van der Waals surface area contributed by atoms with E-state index in [1.165, 1.54) is 12.1 Å². The minimum atomic E-state index is -0.477. The number of nitrogens with zero attached hydrogens (tertiary/aromatic N) is 3. The van der Waals surface area contributed by atoms with Crippen molar-refractivity contribution in [2.75, 3.05) is 6.54 Å². The van der Waals surface area contributed by atoms with Gasteiger partial charge in [0.15, 0.2) is 0 Å². The first kappa shape index (κ1) is 18.2. The predicted octanol–water partition coefficient (Wildman–Crippen LogP) is 2.94. The van der Waals surface area contributed by atoms with Gasteiger partial charge in [0, 0.05) is 37.1 Å². The van der Waals surface area contributed by atoms with Crippen LogP contribution in [0.5, 0.6) is 0 Å². The van der Waals surface area contributed by atoms with E-state index in [1.54, 1.807) is 12.1 Å². The molecule has 8 heteroatoms. The number of nitro benzene ring substituents is 1. The SMILES string of the molecule is O=C(CCc1ccccc1)NCCc1nc(-c2cccc([N+](=O)[O-])c2)no1. The van der Waals surface area contributed by atoms with Gasteiger partial charge in [-0.2, -0.15) is 4.98 Å². The summed E-state index contributed by atoms with van der Waals surface area (Å²) in [6.07, 6.45) is 1.48. The van der Waals surface area contributed by atoms with Crippen molar-refractivity contribution in [2.45, 2.75) is 19.3 Å². The minimum Gasteiger partial charge on any atom is -0.356 e. The van der Waals surface area contributed by atoms with Crippen molar-refractivity contribution in [2.24, 2.45) is 0 Å². The Balaban J connectivity index is 1.47. The lowest BCUT2D eigenvalue weighted by Gasteiger charge is -2.03. The third-order valence-corrected chi connectivity index (χ3v) is 3.93. The average Bonchev–Trinajstić information content (AvgIpc) is 3.16. The predicted molar refractivity (Wildman–Crippen MR) is 97.9 cm³/mol. The molecular formula is C19H18N4O4. The van der Waals surface area contributed by atoms with Crippen LogP contribution in [0.25, 0.3) is 11.4 Å². The van der Waals surface area contributed by atoms with Gasteiger partial charge in [0.2, 0.25) is 17.6 Å². The summed E-state index contributed by atoms with van der Waals surface area (Å²) in [6, 6.07) is 15.8. The van der Waals surface area contributed by atoms with Gasteiger partial charge in [-0.15, -0.1) is 0 Å². The third-order valence-electron chi connectivity index (χ3n) is 3.93. The number of nitro groups is 1. The van der Waals surface area contributed by atoms with Gasteiger partial charge in [-0.05, 0) is 12.0 Å². The Morgan fingerprint density at radius 1 is 1.11 bits per heavy atom. The molecule has 0 spiro atoms. The molecule has 2 aromatic carbocycles. The van der Waals surface area contributed by atoms with Gasteiger partial charge in [0.05, 0.1) is 4.92 Å². The van der Waals surface area contributed by atoms with Crippen molar-refractivity contribution in [1.82, 2.24) is 15.5 Å². The molecule has 0 saturated carbocycles. The fourth-order valence-corrected chi connectivity index (χ4v) is 2.53. The molecule has 0 aliphatic carbocycles. The van der Waals surface area contributed by atoms with E-state index in [-0.39, 0.29) is 17.4 Å². The number of hydrogen-bond donors (Lipinski definition) is 1. The maximum absolute atomic E-state index is 11.9. The Labute approximate surface area is 155 Å². The molecule has 0 bridgehead atoms. The van der Waals surface area contributed by atoms with Crippen molar-refractivity contribution < 1.29 is 14.2 Å². The van der Waals surface area contributed by atoms with Crippen LogP contribution < -0.4 is 5.32 Å². The topological polar surface area (TPSA) is 111 Å². The van der Waals surface area contributed by atoms with E-state index in [0.717, 1.165) is 5.56 Å². The smallest absolute Gasteiger partial charge is 0.270 e. The van der Waals surface area contributed by atoms with Crippen LogP contribution in [-0.4, -0.2) is 27.5 Å². The molecule has 0 unspecified atom stereocenters. The molecule has 1 N–H and O–H groups in total. The first-order valence-corrected chi connectivity index (χ1v) is 8.50. The number of hydrogen-bond acceptors (Lipinski definition) is 6. The van der Waals surface area contributed by atoms with Crippen molar-refractivity contribution in [3.05, 3.63) is 76.2 Å². The third kappa shape index (κ3) is 5.21. The van der Waals surface area contributed by atoms with E-state index in [1.807, 2.05) is 30.3 Å². The molecule has 0 saturated heterocycles. The summed E-state index contributed by atoms with van der Waals surface area (Å²) >= 11 is 0. The van der Waals surface area contributed by atoms with E-state index in [9.17, 15) is 14.9 Å². The highest BCUT2D eigenvalue weighted by Gasteiger charge is 2.12. The average molecular weight is 366 g/mol. The number of aromatic nitrogens is 2. The summed E-state index contributed by atoms with van der Waals surface area (Å²) in [4.78, 5) is 26.5. The molecule has 3 aromatic rings. The lowest BCUT2D eigenvalue weighted by atomic mass is 10.1. The van der Waals surface area contributed by atoms with Crippen LogP contribution in [0.15, 0.2) is 59.1 Å². The number of amides is 1. The van der Waals surface area contributed by atoms with Crippen LogP contribution in [0.2, 0.25) is 0 Å². The van der Waals surface area contributed by atoms with Gasteiger partial charge < -0.3 is 9.84 Å². The van der Waals surface area contributed by atoms with Gasteiger partial charge in [-0.1, -0.05) is 47.6 Å². The lowest BCUT2D eigenvalue weighted by Crippen LogP contribution is -2.25. The van der Waals surface area contributed by atoms with Crippen LogP contribution in [0.3, 0.4) is 0 Å². The molecule has 1 aromatic heterocycles. The number of benzene rings is 2. The molecule has 27 heavy (non-hydrogen) atoms. The van der Waals surface area contributed by atoms with Gasteiger partial charge >= 0.3 is 0 Å². The van der Waals surface area contributed by atoms with Crippen LogP contribution in [-0.2, 0) is 17.6 Å². The second-order valence-corrected chi connectivity index (χ2v) is 5.90. The molecule has 1 heterocycles. The second kappa shape index (κ2) is 8.70. The van der Waals surface area contributed by atoms with E-state index in [2.05, 4.69) is 15.5 Å². The van der Waals surface area contributed by atoms with Gasteiger partial charge in [0.1, 0.15) is 0 Å². The Morgan fingerprint density at radius 2 is 1.93 bits per heavy atom. The quantitative estimate of drug-likeness (QED) is 0.485. The van der Waals surface area contributed by atoms with Gasteiger partial charge in [-0.3, -0.25) is 14.9 Å². The first-order chi connectivity index (χ1) is 13.1. The Bertz CT molecular complexity index is 924. The summed E-state index contributed by atoms with van der Waals surface area (Å²) in [5, 5.41) is 17.5. The Hall–Kier alpha value is -3.55. The number of nitrogens with one attached hydrogen (secondary N) is 1. The summed E-state index contributed by atoms with van der Waals surface area (Å²) in [7, 11) is 0. The molecule has 138 valence electrons. The van der Waals surface area contributed by atoms with E-state index in [4.69, 9.17) is 4.52 Å². The van der Waals surface area contributed by atoms with Crippen molar-refractivity contribution in [3.63, 3.8) is 0 Å². The minimum absolute atomic E-state index is 0.0375. The number of non-ortho nitro benzene ring substituents is 1. The van der Waals surface area contributed by atoms with Crippen molar-refractivity contribution >= 4 is 11.6 Å². The molecule has 0 radical (unpaired) electrons. The second-order valence-electron chi connectivity index (χ2n) is 5.90. The number of carbonyl (C=O) groups is 1. The fourth-order valence-electron chi connectivity index (χ4n) is 2.53. The van der Waals surface area contributed by atoms with Crippen molar-refractivity contribution in [3.8, 4) is 11.4 Å². The molecule has 0 atom stereocenters. The van der Waals surface area contributed by atoms with Gasteiger partial charge in [-0.25, -0.2) is 0 Å². The highest BCUT2D eigenvalue weighted by atomic mass is 16.6. The van der Waals surface area contributed by atoms with Gasteiger partial charge in [0.25, 0.3) is 5.69 Å². The molecule has 0 aliphatic rings. The van der Waals surface area contributed by atoms with E-state index < -0.39 is 4.92 Å². The normalized spacial score (nSPS) is 10.5. The molecule has 0 aliphatic heterocycles. The molecule has 8 nitrogen and oxygen atoms in total. The first-order valence-electron chi connectivity index (χ1n) is 8.50. The largest absolute Gasteiger partial charge is 0.356 e. The zero-order chi connectivity index (χ0) is 19.1. The van der Waals surface area contributed by atoms with Crippen LogP contribution in [0, 0.1) is 10.1 Å². The molecular weight excluding hydrogens is 348 g/mol. The maximum Gasteiger partial charge on any atom is 0.270 e. The monoisotopic (exact) mass is 366 g/mol.